The summed E-state index contributed by atoms with van der Waals surface area (Å²) in [4.78, 5) is 27.6. The van der Waals surface area contributed by atoms with Crippen molar-refractivity contribution in [2.75, 3.05) is 7.11 Å². The lowest BCUT2D eigenvalue weighted by atomic mass is 10.1. The first-order chi connectivity index (χ1) is 12.5. The minimum Gasteiger partial charge on any atom is -0.493 e. The predicted octanol–water partition coefficient (Wildman–Crippen LogP) is 3.27. The van der Waals surface area contributed by atoms with E-state index < -0.39 is 11.9 Å². The molecule has 0 unspecified atom stereocenters. The van der Waals surface area contributed by atoms with Gasteiger partial charge in [-0.25, -0.2) is 9.79 Å². The Morgan fingerprint density at radius 1 is 1.15 bits per heavy atom. The number of carbonyl (C=O) groups is 2. The molecule has 0 amide bonds. The van der Waals surface area contributed by atoms with Crippen LogP contribution in [-0.4, -0.2) is 24.9 Å². The second-order valence-corrected chi connectivity index (χ2v) is 5.71. The van der Waals surface area contributed by atoms with E-state index in [2.05, 4.69) is 4.99 Å². The Hall–Kier alpha value is -3.41. The van der Waals surface area contributed by atoms with Gasteiger partial charge in [0.1, 0.15) is 0 Å². The normalized spacial score (nSPS) is 14.8. The van der Waals surface area contributed by atoms with E-state index in [9.17, 15) is 9.59 Å². The van der Waals surface area contributed by atoms with Crippen molar-refractivity contribution in [3.05, 3.63) is 64.9 Å². The van der Waals surface area contributed by atoms with Crippen LogP contribution in [0.25, 0.3) is 6.08 Å². The molecule has 3 rings (SSSR count). The zero-order valence-electron chi connectivity index (χ0n) is 14.6. The molecule has 1 aliphatic rings. The molecule has 0 aromatic heterocycles. The van der Waals surface area contributed by atoms with Crippen LogP contribution >= 0.6 is 0 Å². The van der Waals surface area contributed by atoms with Gasteiger partial charge in [0.25, 0.3) is 0 Å². The summed E-state index contributed by atoms with van der Waals surface area (Å²) in [6, 6.07) is 12.5. The summed E-state index contributed by atoms with van der Waals surface area (Å²) in [5, 5.41) is 0. The van der Waals surface area contributed by atoms with E-state index in [1.165, 1.54) is 14.0 Å². The highest BCUT2D eigenvalue weighted by Gasteiger charge is 2.24. The summed E-state index contributed by atoms with van der Waals surface area (Å²) in [5.41, 5.74) is 2.57. The summed E-state index contributed by atoms with van der Waals surface area (Å²) in [5.74, 6) is -0.0536. The molecule has 2 aromatic rings. The average Bonchev–Trinajstić information content (AvgIpc) is 2.95. The fourth-order valence-electron chi connectivity index (χ4n) is 2.49. The number of benzene rings is 2. The Labute approximate surface area is 150 Å². The van der Waals surface area contributed by atoms with Crippen LogP contribution in [-0.2, 0) is 14.3 Å². The van der Waals surface area contributed by atoms with E-state index in [-0.39, 0.29) is 17.3 Å². The molecule has 0 N–H and O–H groups in total. The third-order valence-corrected chi connectivity index (χ3v) is 3.63. The molecule has 0 fully saturated rings. The number of carbonyl (C=O) groups excluding carboxylic acids is 2. The summed E-state index contributed by atoms with van der Waals surface area (Å²) < 4.78 is 15.5. The highest BCUT2D eigenvalue weighted by atomic mass is 16.6. The standard InChI is InChI=1S/C20H17NO5/c1-12-5-4-6-15(9-12)19-21-16(20(23)26-19)10-14-7-8-17(24-3)18(11-14)25-13(2)22/h4-11H,1-3H3. The SMILES string of the molecule is COc1ccc(C=C2N=C(c3cccc(C)c3)OC2=O)cc1OC(C)=O. The van der Waals surface area contributed by atoms with Crippen molar-refractivity contribution in [3.8, 4) is 11.5 Å². The van der Waals surface area contributed by atoms with Crippen LogP contribution in [0.1, 0.15) is 23.6 Å². The topological polar surface area (TPSA) is 74.2 Å². The van der Waals surface area contributed by atoms with Gasteiger partial charge in [0.2, 0.25) is 5.90 Å². The van der Waals surface area contributed by atoms with Crippen LogP contribution in [0.3, 0.4) is 0 Å². The first kappa shape index (κ1) is 17.4. The minimum absolute atomic E-state index is 0.167. The third-order valence-electron chi connectivity index (χ3n) is 3.63. The van der Waals surface area contributed by atoms with Crippen LogP contribution in [0.5, 0.6) is 11.5 Å². The van der Waals surface area contributed by atoms with Crippen molar-refractivity contribution in [2.45, 2.75) is 13.8 Å². The monoisotopic (exact) mass is 351 g/mol. The van der Waals surface area contributed by atoms with Crippen LogP contribution < -0.4 is 9.47 Å². The van der Waals surface area contributed by atoms with Crippen molar-refractivity contribution in [3.63, 3.8) is 0 Å². The summed E-state index contributed by atoms with van der Waals surface area (Å²) in [6.07, 6.45) is 1.57. The number of cyclic esters (lactones) is 1. The Balaban J connectivity index is 1.94. The molecule has 26 heavy (non-hydrogen) atoms. The number of aliphatic imine (C=N–C) groups is 1. The van der Waals surface area contributed by atoms with E-state index in [1.807, 2.05) is 31.2 Å². The number of hydrogen-bond donors (Lipinski definition) is 0. The molecule has 0 saturated carbocycles. The average molecular weight is 351 g/mol. The second kappa shape index (κ2) is 7.23. The largest absolute Gasteiger partial charge is 0.493 e. The van der Waals surface area contributed by atoms with Gasteiger partial charge in [-0.1, -0.05) is 23.8 Å². The molecule has 0 saturated heterocycles. The maximum Gasteiger partial charge on any atom is 0.363 e. The van der Waals surface area contributed by atoms with Gasteiger partial charge in [0, 0.05) is 12.5 Å². The van der Waals surface area contributed by atoms with Gasteiger partial charge in [-0.05, 0) is 42.8 Å². The van der Waals surface area contributed by atoms with E-state index in [0.717, 1.165) is 11.1 Å². The van der Waals surface area contributed by atoms with Gasteiger partial charge >= 0.3 is 11.9 Å². The van der Waals surface area contributed by atoms with E-state index in [4.69, 9.17) is 14.2 Å². The zero-order chi connectivity index (χ0) is 18.7. The molecule has 0 bridgehead atoms. The van der Waals surface area contributed by atoms with Gasteiger partial charge < -0.3 is 14.2 Å². The lowest BCUT2D eigenvalue weighted by Crippen LogP contribution is -2.05. The van der Waals surface area contributed by atoms with Crippen LogP contribution in [0.2, 0.25) is 0 Å². The number of nitrogens with zero attached hydrogens (tertiary/aromatic N) is 1. The fraction of sp³-hybridized carbons (Fsp3) is 0.150. The highest BCUT2D eigenvalue weighted by Crippen LogP contribution is 2.30. The number of rotatable bonds is 4. The molecular formula is C20H17NO5. The molecule has 2 aromatic carbocycles. The molecule has 0 atom stereocenters. The smallest absolute Gasteiger partial charge is 0.363 e. The number of hydrogen-bond acceptors (Lipinski definition) is 6. The number of ether oxygens (including phenoxy) is 3. The number of esters is 2. The lowest BCUT2D eigenvalue weighted by Gasteiger charge is -2.08. The van der Waals surface area contributed by atoms with E-state index in [1.54, 1.807) is 24.3 Å². The third kappa shape index (κ3) is 3.80. The molecule has 1 heterocycles. The Morgan fingerprint density at radius 3 is 2.65 bits per heavy atom. The summed E-state index contributed by atoms with van der Waals surface area (Å²) in [6.45, 7) is 3.25. The van der Waals surface area contributed by atoms with Gasteiger partial charge in [-0.2, -0.15) is 0 Å². The van der Waals surface area contributed by atoms with Gasteiger partial charge in [0.05, 0.1) is 7.11 Å². The number of aryl methyl sites for hydroxylation is 1. The van der Waals surface area contributed by atoms with Crippen LogP contribution in [0.15, 0.2) is 53.2 Å². The van der Waals surface area contributed by atoms with Crippen molar-refractivity contribution in [1.29, 1.82) is 0 Å². The maximum absolute atomic E-state index is 12.1. The maximum atomic E-state index is 12.1. The first-order valence-corrected chi connectivity index (χ1v) is 7.92. The summed E-state index contributed by atoms with van der Waals surface area (Å²) >= 11 is 0. The van der Waals surface area contributed by atoms with Gasteiger partial charge in [-0.3, -0.25) is 4.79 Å². The van der Waals surface area contributed by atoms with Crippen molar-refractivity contribution in [2.24, 2.45) is 4.99 Å². The fourth-order valence-corrected chi connectivity index (χ4v) is 2.49. The van der Waals surface area contributed by atoms with Crippen molar-refractivity contribution in [1.82, 2.24) is 0 Å². The quantitative estimate of drug-likeness (QED) is 0.480. The van der Waals surface area contributed by atoms with Crippen LogP contribution in [0.4, 0.5) is 0 Å². The van der Waals surface area contributed by atoms with E-state index >= 15 is 0 Å². The summed E-state index contributed by atoms with van der Waals surface area (Å²) in [7, 11) is 1.48. The predicted molar refractivity (Wildman–Crippen MR) is 96.1 cm³/mol. The lowest BCUT2D eigenvalue weighted by molar-refractivity contribution is -0.132. The van der Waals surface area contributed by atoms with Crippen molar-refractivity contribution < 1.29 is 23.8 Å². The Kier molecular flexibility index (Phi) is 4.84. The van der Waals surface area contributed by atoms with E-state index in [0.29, 0.717) is 11.3 Å². The Morgan fingerprint density at radius 2 is 1.96 bits per heavy atom. The van der Waals surface area contributed by atoms with Gasteiger partial charge in [0.15, 0.2) is 17.2 Å². The first-order valence-electron chi connectivity index (χ1n) is 7.92. The molecule has 1 aliphatic heterocycles. The molecule has 0 spiro atoms. The minimum atomic E-state index is -0.536. The molecule has 0 aliphatic carbocycles. The molecule has 6 nitrogen and oxygen atoms in total. The highest BCUT2D eigenvalue weighted by molar-refractivity contribution is 6.12. The number of methoxy groups -OCH3 is 1. The zero-order valence-corrected chi connectivity index (χ0v) is 14.6. The van der Waals surface area contributed by atoms with Crippen molar-refractivity contribution >= 4 is 23.9 Å². The second-order valence-electron chi connectivity index (χ2n) is 5.71. The molecule has 6 heteroatoms. The molecule has 132 valence electrons. The molecule has 0 radical (unpaired) electrons. The Bertz CT molecular complexity index is 943. The molecular weight excluding hydrogens is 334 g/mol. The van der Waals surface area contributed by atoms with Gasteiger partial charge in [-0.15, -0.1) is 0 Å². The van der Waals surface area contributed by atoms with Crippen LogP contribution in [0, 0.1) is 6.92 Å².